The maximum absolute atomic E-state index is 5.27. The molecule has 0 saturated heterocycles. The Morgan fingerprint density at radius 3 is 2.72 bits per heavy atom. The zero-order chi connectivity index (χ0) is 13.4. The molecule has 1 N–H and O–H groups in total. The molecule has 102 valence electrons. The number of hydrogen-bond acceptors (Lipinski definition) is 2. The summed E-state index contributed by atoms with van der Waals surface area (Å²) in [6.07, 6.45) is 4.90. The van der Waals surface area contributed by atoms with Crippen LogP contribution >= 0.6 is 0 Å². The average Bonchev–Trinajstić information content (AvgIpc) is 2.38. The van der Waals surface area contributed by atoms with Gasteiger partial charge in [-0.05, 0) is 43.5 Å². The molecule has 1 aromatic carbocycles. The van der Waals surface area contributed by atoms with Crippen LogP contribution in [0.5, 0.6) is 5.75 Å². The van der Waals surface area contributed by atoms with Crippen molar-refractivity contribution < 1.29 is 4.74 Å². The Labute approximate surface area is 112 Å². The number of ether oxygens (including phenoxy) is 1. The fourth-order valence-corrected chi connectivity index (χ4v) is 2.48. The summed E-state index contributed by atoms with van der Waals surface area (Å²) in [6.45, 7) is 4.60. The van der Waals surface area contributed by atoms with Gasteiger partial charge in [0.1, 0.15) is 5.75 Å². The standard InChI is InChI=1S/C16H27NO/c1-5-7-13(2)10-15(17-3)11-14-8-6-9-16(12-14)18-4/h6,8-9,12-13,15,17H,5,7,10-11H2,1-4H3. The van der Waals surface area contributed by atoms with E-state index in [1.807, 2.05) is 6.07 Å². The van der Waals surface area contributed by atoms with Crippen molar-refractivity contribution in [2.45, 2.75) is 45.6 Å². The number of benzene rings is 1. The van der Waals surface area contributed by atoms with E-state index in [9.17, 15) is 0 Å². The van der Waals surface area contributed by atoms with Crippen molar-refractivity contribution in [2.75, 3.05) is 14.2 Å². The van der Waals surface area contributed by atoms with Crippen LogP contribution in [0.25, 0.3) is 0 Å². The highest BCUT2D eigenvalue weighted by Gasteiger charge is 2.12. The fourth-order valence-electron chi connectivity index (χ4n) is 2.48. The van der Waals surface area contributed by atoms with E-state index in [1.54, 1.807) is 7.11 Å². The van der Waals surface area contributed by atoms with E-state index in [4.69, 9.17) is 4.74 Å². The Balaban J connectivity index is 2.56. The molecule has 0 heterocycles. The van der Waals surface area contributed by atoms with Crippen LogP contribution in [0.1, 0.15) is 38.7 Å². The second-order valence-corrected chi connectivity index (χ2v) is 5.17. The number of methoxy groups -OCH3 is 1. The second-order valence-electron chi connectivity index (χ2n) is 5.17. The highest BCUT2D eigenvalue weighted by molar-refractivity contribution is 5.28. The maximum Gasteiger partial charge on any atom is 0.119 e. The quantitative estimate of drug-likeness (QED) is 0.759. The smallest absolute Gasteiger partial charge is 0.119 e. The van der Waals surface area contributed by atoms with Gasteiger partial charge in [0.05, 0.1) is 7.11 Å². The largest absolute Gasteiger partial charge is 0.497 e. The van der Waals surface area contributed by atoms with Gasteiger partial charge >= 0.3 is 0 Å². The molecule has 2 atom stereocenters. The van der Waals surface area contributed by atoms with E-state index in [1.165, 1.54) is 24.8 Å². The molecule has 2 nitrogen and oxygen atoms in total. The molecule has 2 heteroatoms. The summed E-state index contributed by atoms with van der Waals surface area (Å²) in [7, 11) is 3.78. The van der Waals surface area contributed by atoms with Gasteiger partial charge in [-0.15, -0.1) is 0 Å². The summed E-state index contributed by atoms with van der Waals surface area (Å²) in [5.74, 6) is 1.74. The monoisotopic (exact) mass is 249 g/mol. The first-order valence-electron chi connectivity index (χ1n) is 6.99. The minimum absolute atomic E-state index is 0.554. The van der Waals surface area contributed by atoms with Crippen molar-refractivity contribution in [3.63, 3.8) is 0 Å². The Morgan fingerprint density at radius 2 is 2.11 bits per heavy atom. The summed E-state index contributed by atoms with van der Waals surface area (Å²) >= 11 is 0. The highest BCUT2D eigenvalue weighted by Crippen LogP contribution is 2.18. The molecule has 18 heavy (non-hydrogen) atoms. The molecule has 0 aliphatic carbocycles. The van der Waals surface area contributed by atoms with Crippen LogP contribution in [0, 0.1) is 5.92 Å². The summed E-state index contributed by atoms with van der Waals surface area (Å²) in [5.41, 5.74) is 1.34. The highest BCUT2D eigenvalue weighted by atomic mass is 16.5. The van der Waals surface area contributed by atoms with Crippen LogP contribution in [0.3, 0.4) is 0 Å². The summed E-state index contributed by atoms with van der Waals surface area (Å²) in [4.78, 5) is 0. The Bertz CT molecular complexity index is 338. The molecule has 1 rings (SSSR count). The van der Waals surface area contributed by atoms with Gasteiger partial charge in [0.15, 0.2) is 0 Å². The lowest BCUT2D eigenvalue weighted by Crippen LogP contribution is -2.29. The molecule has 0 aliphatic heterocycles. The molecule has 0 aromatic heterocycles. The van der Waals surface area contributed by atoms with Crippen molar-refractivity contribution in [3.05, 3.63) is 29.8 Å². The average molecular weight is 249 g/mol. The van der Waals surface area contributed by atoms with Gasteiger partial charge in [0.2, 0.25) is 0 Å². The molecular weight excluding hydrogens is 222 g/mol. The second kappa shape index (κ2) is 8.15. The van der Waals surface area contributed by atoms with Crippen molar-refractivity contribution in [3.8, 4) is 5.75 Å². The first kappa shape index (κ1) is 15.0. The molecule has 2 unspecified atom stereocenters. The molecule has 0 bridgehead atoms. The predicted octanol–water partition coefficient (Wildman–Crippen LogP) is 3.65. The lowest BCUT2D eigenvalue weighted by Gasteiger charge is -2.20. The van der Waals surface area contributed by atoms with Gasteiger partial charge in [-0.3, -0.25) is 0 Å². The zero-order valence-corrected chi connectivity index (χ0v) is 12.2. The summed E-state index contributed by atoms with van der Waals surface area (Å²) < 4.78 is 5.27. The molecule has 0 amide bonds. The fraction of sp³-hybridized carbons (Fsp3) is 0.625. The van der Waals surface area contributed by atoms with Gasteiger partial charge in [0, 0.05) is 6.04 Å². The lowest BCUT2D eigenvalue weighted by molar-refractivity contribution is 0.395. The predicted molar refractivity (Wildman–Crippen MR) is 78.2 cm³/mol. The van der Waals surface area contributed by atoms with Crippen LogP contribution in [0.15, 0.2) is 24.3 Å². The van der Waals surface area contributed by atoms with Crippen LogP contribution < -0.4 is 10.1 Å². The molecule has 0 fully saturated rings. The van der Waals surface area contributed by atoms with Crippen molar-refractivity contribution in [1.29, 1.82) is 0 Å². The maximum atomic E-state index is 5.27. The Hall–Kier alpha value is -1.02. The van der Waals surface area contributed by atoms with Crippen LogP contribution in [0.4, 0.5) is 0 Å². The summed E-state index contributed by atoms with van der Waals surface area (Å²) in [6, 6.07) is 8.93. The van der Waals surface area contributed by atoms with Crippen molar-refractivity contribution in [2.24, 2.45) is 5.92 Å². The van der Waals surface area contributed by atoms with Gasteiger partial charge in [-0.2, -0.15) is 0 Å². The third-order valence-corrected chi connectivity index (χ3v) is 3.49. The number of likely N-dealkylation sites (N-methyl/N-ethyl adjacent to an activating group) is 1. The molecular formula is C16H27NO. The van der Waals surface area contributed by atoms with Crippen molar-refractivity contribution in [1.82, 2.24) is 5.32 Å². The van der Waals surface area contributed by atoms with Crippen LogP contribution in [0.2, 0.25) is 0 Å². The van der Waals surface area contributed by atoms with E-state index in [-0.39, 0.29) is 0 Å². The Kier molecular flexibility index (Phi) is 6.81. The number of rotatable bonds is 8. The third kappa shape index (κ3) is 5.09. The van der Waals surface area contributed by atoms with E-state index in [2.05, 4.69) is 44.4 Å². The minimum Gasteiger partial charge on any atom is -0.497 e. The van der Waals surface area contributed by atoms with Crippen LogP contribution in [-0.4, -0.2) is 20.2 Å². The number of nitrogens with one attached hydrogen (secondary N) is 1. The normalized spacial score (nSPS) is 14.2. The van der Waals surface area contributed by atoms with Gasteiger partial charge in [-0.1, -0.05) is 38.8 Å². The molecule has 0 aliphatic rings. The van der Waals surface area contributed by atoms with Gasteiger partial charge < -0.3 is 10.1 Å². The van der Waals surface area contributed by atoms with E-state index in [0.29, 0.717) is 6.04 Å². The van der Waals surface area contributed by atoms with E-state index in [0.717, 1.165) is 18.1 Å². The first-order valence-corrected chi connectivity index (χ1v) is 6.99. The number of hydrogen-bond donors (Lipinski definition) is 1. The van der Waals surface area contributed by atoms with Crippen molar-refractivity contribution >= 4 is 0 Å². The minimum atomic E-state index is 0.554. The van der Waals surface area contributed by atoms with Gasteiger partial charge in [0.25, 0.3) is 0 Å². The van der Waals surface area contributed by atoms with E-state index >= 15 is 0 Å². The molecule has 0 spiro atoms. The van der Waals surface area contributed by atoms with Gasteiger partial charge in [-0.25, -0.2) is 0 Å². The zero-order valence-electron chi connectivity index (χ0n) is 12.2. The lowest BCUT2D eigenvalue weighted by atomic mass is 9.93. The summed E-state index contributed by atoms with van der Waals surface area (Å²) in [5, 5.41) is 3.44. The third-order valence-electron chi connectivity index (χ3n) is 3.49. The SMILES string of the molecule is CCCC(C)CC(Cc1cccc(OC)c1)NC. The topological polar surface area (TPSA) is 21.3 Å². The Morgan fingerprint density at radius 1 is 1.33 bits per heavy atom. The molecule has 0 radical (unpaired) electrons. The molecule has 0 saturated carbocycles. The van der Waals surface area contributed by atoms with E-state index < -0.39 is 0 Å². The first-order chi connectivity index (χ1) is 8.69. The van der Waals surface area contributed by atoms with Crippen LogP contribution in [-0.2, 0) is 6.42 Å². The molecule has 1 aromatic rings.